The second kappa shape index (κ2) is 7.91. The van der Waals surface area contributed by atoms with Crippen molar-refractivity contribution in [3.8, 4) is 17.2 Å². The number of rotatable bonds is 7. The number of amides is 1. The van der Waals surface area contributed by atoms with Crippen LogP contribution in [0.25, 0.3) is 0 Å². The predicted octanol–water partition coefficient (Wildman–Crippen LogP) is 3.67. The molecule has 2 aliphatic rings. The molecule has 2 aromatic carbocycles. The number of ether oxygens (including phenoxy) is 3. The molecule has 0 saturated heterocycles. The second-order valence-electron chi connectivity index (χ2n) is 7.04. The van der Waals surface area contributed by atoms with Crippen LogP contribution in [0.4, 0.5) is 0 Å². The van der Waals surface area contributed by atoms with Crippen molar-refractivity contribution in [2.75, 3.05) is 19.8 Å². The Kier molecular flexibility index (Phi) is 5.19. The molecule has 0 aromatic heterocycles. The van der Waals surface area contributed by atoms with Crippen molar-refractivity contribution in [3.05, 3.63) is 53.6 Å². The van der Waals surface area contributed by atoms with E-state index in [1.165, 1.54) is 0 Å². The van der Waals surface area contributed by atoms with E-state index in [1.807, 2.05) is 42.5 Å². The maximum absolute atomic E-state index is 12.5. The van der Waals surface area contributed by atoms with Crippen molar-refractivity contribution in [1.82, 2.24) is 5.32 Å². The minimum atomic E-state index is -0.104. The van der Waals surface area contributed by atoms with Gasteiger partial charge in [0.2, 0.25) is 0 Å². The van der Waals surface area contributed by atoms with Gasteiger partial charge in [-0.05, 0) is 54.5 Å². The van der Waals surface area contributed by atoms with Crippen LogP contribution in [0.5, 0.6) is 17.2 Å². The number of benzene rings is 2. The highest BCUT2D eigenvalue weighted by atomic mass is 16.6. The monoisotopic (exact) mass is 367 g/mol. The van der Waals surface area contributed by atoms with Crippen LogP contribution >= 0.6 is 0 Å². The van der Waals surface area contributed by atoms with Gasteiger partial charge in [0.25, 0.3) is 5.91 Å². The Balaban J connectivity index is 1.42. The molecule has 2 aromatic rings. The molecule has 1 saturated carbocycles. The van der Waals surface area contributed by atoms with Crippen molar-refractivity contribution < 1.29 is 19.0 Å². The summed E-state index contributed by atoms with van der Waals surface area (Å²) in [6, 6.07) is 13.8. The largest absolute Gasteiger partial charge is 0.486 e. The lowest BCUT2D eigenvalue weighted by molar-refractivity contribution is -0.124. The molecule has 1 fully saturated rings. The van der Waals surface area contributed by atoms with Crippen molar-refractivity contribution in [3.63, 3.8) is 0 Å². The maximum atomic E-state index is 12.5. The van der Waals surface area contributed by atoms with E-state index in [1.54, 1.807) is 0 Å². The lowest BCUT2D eigenvalue weighted by atomic mass is 10.0. The topological polar surface area (TPSA) is 56.8 Å². The number of hydrogen-bond donors (Lipinski definition) is 1. The first kappa shape index (κ1) is 17.7. The van der Waals surface area contributed by atoms with Crippen molar-refractivity contribution >= 4 is 5.91 Å². The first-order valence-corrected chi connectivity index (χ1v) is 9.64. The SMILES string of the molecule is CCc1ccccc1OCC(=O)NC(c1ccc2c(c1)OCCO2)C1CC1. The quantitative estimate of drug-likeness (QED) is 0.811. The Bertz CT molecular complexity index is 816. The minimum absolute atomic E-state index is 0.0154. The van der Waals surface area contributed by atoms with Gasteiger partial charge in [0.1, 0.15) is 19.0 Å². The third kappa shape index (κ3) is 4.18. The highest BCUT2D eigenvalue weighted by Gasteiger charge is 2.34. The number of hydrogen-bond acceptors (Lipinski definition) is 4. The minimum Gasteiger partial charge on any atom is -0.486 e. The van der Waals surface area contributed by atoms with E-state index in [4.69, 9.17) is 14.2 Å². The molecule has 1 aliphatic carbocycles. The second-order valence-corrected chi connectivity index (χ2v) is 7.04. The highest BCUT2D eigenvalue weighted by Crippen LogP contribution is 2.43. The molecule has 1 N–H and O–H groups in total. The van der Waals surface area contributed by atoms with Crippen LogP contribution in [0.15, 0.2) is 42.5 Å². The van der Waals surface area contributed by atoms with E-state index in [0.717, 1.165) is 47.6 Å². The van der Waals surface area contributed by atoms with Gasteiger partial charge >= 0.3 is 0 Å². The van der Waals surface area contributed by atoms with E-state index in [9.17, 15) is 4.79 Å². The summed E-state index contributed by atoms with van der Waals surface area (Å²) in [5, 5.41) is 3.15. The van der Waals surface area contributed by atoms with Gasteiger partial charge in [0.05, 0.1) is 6.04 Å². The molecule has 1 unspecified atom stereocenters. The van der Waals surface area contributed by atoms with E-state index >= 15 is 0 Å². The average molecular weight is 367 g/mol. The summed E-state index contributed by atoms with van der Waals surface area (Å²) in [5.41, 5.74) is 2.17. The number of fused-ring (bicyclic) bond motifs is 1. The van der Waals surface area contributed by atoms with Gasteiger partial charge in [0, 0.05) is 0 Å². The summed E-state index contributed by atoms with van der Waals surface area (Å²) in [6.45, 7) is 3.23. The van der Waals surface area contributed by atoms with Crippen LogP contribution in [-0.2, 0) is 11.2 Å². The molecule has 0 radical (unpaired) electrons. The fourth-order valence-electron chi connectivity index (χ4n) is 3.45. The van der Waals surface area contributed by atoms with E-state index in [0.29, 0.717) is 19.1 Å². The number of para-hydroxylation sites is 1. The van der Waals surface area contributed by atoms with Crippen LogP contribution in [0.1, 0.15) is 36.9 Å². The standard InChI is InChI=1S/C22H25NO4/c1-2-15-5-3-4-6-18(15)27-14-21(24)23-22(16-7-8-16)17-9-10-19-20(13-17)26-12-11-25-19/h3-6,9-10,13,16,22H,2,7-8,11-12,14H2,1H3,(H,23,24). The van der Waals surface area contributed by atoms with Gasteiger partial charge in [-0.3, -0.25) is 4.79 Å². The van der Waals surface area contributed by atoms with Gasteiger partial charge < -0.3 is 19.5 Å². The maximum Gasteiger partial charge on any atom is 0.258 e. The van der Waals surface area contributed by atoms with Gasteiger partial charge in [-0.1, -0.05) is 31.2 Å². The predicted molar refractivity (Wildman–Crippen MR) is 102 cm³/mol. The van der Waals surface area contributed by atoms with Gasteiger partial charge in [-0.2, -0.15) is 0 Å². The number of nitrogens with one attached hydrogen (secondary N) is 1. The van der Waals surface area contributed by atoms with Crippen LogP contribution in [-0.4, -0.2) is 25.7 Å². The molecule has 0 bridgehead atoms. The summed E-state index contributed by atoms with van der Waals surface area (Å²) in [6.07, 6.45) is 3.12. The molecular formula is C22H25NO4. The molecule has 1 atom stereocenters. The van der Waals surface area contributed by atoms with Crippen LogP contribution < -0.4 is 19.5 Å². The first-order valence-electron chi connectivity index (χ1n) is 9.64. The smallest absolute Gasteiger partial charge is 0.258 e. The Morgan fingerprint density at radius 3 is 2.70 bits per heavy atom. The van der Waals surface area contributed by atoms with E-state index in [2.05, 4.69) is 12.2 Å². The molecule has 5 nitrogen and oxygen atoms in total. The number of carbonyl (C=O) groups excluding carboxylic acids is 1. The molecule has 0 spiro atoms. The number of carbonyl (C=O) groups is 1. The van der Waals surface area contributed by atoms with Crippen LogP contribution in [0.3, 0.4) is 0 Å². The summed E-state index contributed by atoms with van der Waals surface area (Å²) in [4.78, 5) is 12.5. The normalized spacial score (nSPS) is 16.5. The fourth-order valence-corrected chi connectivity index (χ4v) is 3.45. The molecule has 1 heterocycles. The molecule has 142 valence electrons. The third-order valence-electron chi connectivity index (χ3n) is 5.05. The van der Waals surface area contributed by atoms with Crippen molar-refractivity contribution in [2.45, 2.75) is 32.2 Å². The van der Waals surface area contributed by atoms with Crippen LogP contribution in [0.2, 0.25) is 0 Å². The van der Waals surface area contributed by atoms with E-state index < -0.39 is 0 Å². The Labute approximate surface area is 159 Å². The van der Waals surface area contributed by atoms with Crippen molar-refractivity contribution in [2.24, 2.45) is 5.92 Å². The summed E-state index contributed by atoms with van der Waals surface area (Å²) < 4.78 is 17.0. The average Bonchev–Trinajstić information content (AvgIpc) is 3.55. The zero-order valence-electron chi connectivity index (χ0n) is 15.6. The molecule has 1 aliphatic heterocycles. The summed E-state index contributed by atoms with van der Waals surface area (Å²) in [5.74, 6) is 2.67. The fraction of sp³-hybridized carbons (Fsp3) is 0.409. The first-order chi connectivity index (χ1) is 13.2. The Hall–Kier alpha value is -2.69. The lowest BCUT2D eigenvalue weighted by Crippen LogP contribution is -2.34. The summed E-state index contributed by atoms with van der Waals surface area (Å²) >= 11 is 0. The van der Waals surface area contributed by atoms with Crippen molar-refractivity contribution in [1.29, 1.82) is 0 Å². The molecule has 5 heteroatoms. The molecule has 1 amide bonds. The zero-order chi connectivity index (χ0) is 18.6. The molecule has 4 rings (SSSR count). The van der Waals surface area contributed by atoms with Crippen LogP contribution in [0, 0.1) is 5.92 Å². The molecule has 27 heavy (non-hydrogen) atoms. The van der Waals surface area contributed by atoms with Gasteiger partial charge in [0.15, 0.2) is 18.1 Å². The lowest BCUT2D eigenvalue weighted by Gasteiger charge is -2.23. The van der Waals surface area contributed by atoms with Gasteiger partial charge in [-0.25, -0.2) is 0 Å². The number of aryl methyl sites for hydroxylation is 1. The Morgan fingerprint density at radius 1 is 1.15 bits per heavy atom. The third-order valence-corrected chi connectivity index (χ3v) is 5.05. The summed E-state index contributed by atoms with van der Waals surface area (Å²) in [7, 11) is 0. The van der Waals surface area contributed by atoms with E-state index in [-0.39, 0.29) is 18.6 Å². The highest BCUT2D eigenvalue weighted by molar-refractivity contribution is 5.78. The Morgan fingerprint density at radius 2 is 1.93 bits per heavy atom. The van der Waals surface area contributed by atoms with Gasteiger partial charge in [-0.15, -0.1) is 0 Å². The molecular weight excluding hydrogens is 342 g/mol. The zero-order valence-corrected chi connectivity index (χ0v) is 15.6.